The number of alkyl carbamates (subject to hydrolysis) is 1. The molecule has 27 heavy (non-hydrogen) atoms. The van der Waals surface area contributed by atoms with Crippen LogP contribution in [0.15, 0.2) is 48.5 Å². The fraction of sp³-hybridized carbons (Fsp3) is 0.300. The van der Waals surface area contributed by atoms with E-state index in [1.54, 1.807) is 0 Å². The van der Waals surface area contributed by atoms with Crippen LogP contribution in [0.3, 0.4) is 0 Å². The van der Waals surface area contributed by atoms with Crippen LogP contribution in [0, 0.1) is 37.7 Å². The molecule has 1 saturated heterocycles. The predicted octanol–water partition coefficient (Wildman–Crippen LogP) is 1.81. The maximum atomic E-state index is 12.1. The molecule has 0 radical (unpaired) electrons. The van der Waals surface area contributed by atoms with Crippen molar-refractivity contribution in [2.24, 2.45) is 0 Å². The molecule has 2 aromatic carbocycles. The number of carbonyl (C=O) groups excluding carboxylic acids is 1. The number of carbonyl (C=O) groups is 1. The normalized spacial score (nSPS) is 23.3. The van der Waals surface area contributed by atoms with Crippen LogP contribution in [0.2, 0.25) is 0 Å². The average Bonchev–Trinajstić information content (AvgIpc) is 3.18. The van der Waals surface area contributed by atoms with Gasteiger partial charge in [-0.2, -0.15) is 6.61 Å². The van der Waals surface area contributed by atoms with Crippen molar-refractivity contribution in [1.29, 1.82) is 0 Å². The summed E-state index contributed by atoms with van der Waals surface area (Å²) in [7, 11) is 0. The van der Waals surface area contributed by atoms with Gasteiger partial charge in [-0.1, -0.05) is 48.5 Å². The molecule has 0 saturated carbocycles. The first-order chi connectivity index (χ1) is 12.7. The van der Waals surface area contributed by atoms with E-state index in [1.165, 1.54) is 6.61 Å². The Morgan fingerprint density at radius 2 is 1.70 bits per heavy atom. The Morgan fingerprint density at radius 3 is 2.26 bits per heavy atom. The van der Waals surface area contributed by atoms with Crippen molar-refractivity contribution in [2.75, 3.05) is 13.2 Å². The molecule has 0 spiro atoms. The van der Waals surface area contributed by atoms with Gasteiger partial charge in [-0.25, -0.2) is 4.79 Å². The van der Waals surface area contributed by atoms with Crippen LogP contribution in [0.5, 0.6) is 0 Å². The molecular formula is C20H20NO5U-. The van der Waals surface area contributed by atoms with E-state index in [4.69, 9.17) is 14.6 Å². The molecule has 1 aliphatic heterocycles. The number of ether oxygens (including phenoxy) is 2. The van der Waals surface area contributed by atoms with Gasteiger partial charge in [0.2, 0.25) is 0 Å². The average molecular weight is 592 g/mol. The van der Waals surface area contributed by atoms with E-state index in [0.717, 1.165) is 22.3 Å². The molecule has 1 heterocycles. The smallest absolute Gasteiger partial charge is 0.405 e. The van der Waals surface area contributed by atoms with Crippen molar-refractivity contribution in [1.82, 2.24) is 5.32 Å². The van der Waals surface area contributed by atoms with Gasteiger partial charge < -0.3 is 25.0 Å². The van der Waals surface area contributed by atoms with Crippen LogP contribution >= 0.6 is 0 Å². The number of aliphatic hydroxyl groups is 2. The Hall–Kier alpha value is -1.36. The summed E-state index contributed by atoms with van der Waals surface area (Å²) in [6.07, 6.45) is -2.36. The summed E-state index contributed by atoms with van der Waals surface area (Å²) in [4.78, 5) is 12.1. The largest absolute Gasteiger partial charge is 0.544 e. The van der Waals surface area contributed by atoms with E-state index >= 15 is 0 Å². The summed E-state index contributed by atoms with van der Waals surface area (Å²) in [5.41, 5.74) is 4.60. The maximum absolute atomic E-state index is 12.1. The number of amides is 1. The molecule has 0 aromatic heterocycles. The first kappa shape index (κ1) is 20.4. The summed E-state index contributed by atoms with van der Waals surface area (Å²) in [6, 6.07) is 15.5. The van der Waals surface area contributed by atoms with Gasteiger partial charge in [0.1, 0.15) is 6.61 Å². The van der Waals surface area contributed by atoms with Crippen molar-refractivity contribution in [3.63, 3.8) is 0 Å². The standard InChI is InChI=1S/C20H20NO5.U/c22-9-18-19(23)17(11-25-18)21-20(24)26-10-16-14-7-3-1-5-12(14)13-6-2-4-8-15(13)16;/h1-8,11,16-19,22-23H,9-10H2,(H,21,24);/q-1;/t17?,18-,19?;/m1./s1. The molecule has 6 nitrogen and oxygen atoms in total. The minimum atomic E-state index is -1.000. The van der Waals surface area contributed by atoms with Crippen molar-refractivity contribution in [2.45, 2.75) is 24.2 Å². The van der Waals surface area contributed by atoms with Crippen molar-refractivity contribution < 1.29 is 55.6 Å². The van der Waals surface area contributed by atoms with Crippen molar-refractivity contribution in [3.8, 4) is 11.1 Å². The van der Waals surface area contributed by atoms with Crippen LogP contribution in [-0.2, 0) is 9.47 Å². The SMILES string of the molecule is O=C(NC1[CH-]O[C@H](CO)C1O)OCC1c2ccccc2-c2ccccc21.[U]. The summed E-state index contributed by atoms with van der Waals surface area (Å²) >= 11 is 0. The second-order valence-electron chi connectivity index (χ2n) is 6.48. The van der Waals surface area contributed by atoms with E-state index in [1.807, 2.05) is 24.3 Å². The molecule has 140 valence electrons. The molecule has 0 bridgehead atoms. The Balaban J connectivity index is 0.00000210. The quantitative estimate of drug-likeness (QED) is 0.472. The van der Waals surface area contributed by atoms with Crippen LogP contribution in [-0.4, -0.2) is 47.8 Å². The number of fused-ring (bicyclic) bond motifs is 3. The van der Waals surface area contributed by atoms with Gasteiger partial charge in [-0.15, -0.1) is 0 Å². The van der Waals surface area contributed by atoms with Crippen LogP contribution in [0.1, 0.15) is 17.0 Å². The number of nitrogens with one attached hydrogen (secondary N) is 1. The van der Waals surface area contributed by atoms with E-state index in [9.17, 15) is 9.90 Å². The molecule has 3 atom stereocenters. The number of hydrogen-bond acceptors (Lipinski definition) is 5. The predicted molar refractivity (Wildman–Crippen MR) is 94.3 cm³/mol. The molecule has 2 aliphatic rings. The van der Waals surface area contributed by atoms with Gasteiger partial charge in [0, 0.05) is 37.0 Å². The number of aliphatic hydroxyl groups excluding tert-OH is 2. The van der Waals surface area contributed by atoms with Gasteiger partial charge >= 0.3 is 6.09 Å². The maximum Gasteiger partial charge on any atom is 0.405 e. The third-order valence-corrected chi connectivity index (χ3v) is 4.96. The van der Waals surface area contributed by atoms with Crippen molar-refractivity contribution >= 4 is 6.09 Å². The first-order valence-electron chi connectivity index (χ1n) is 8.58. The molecule has 1 aliphatic carbocycles. The fourth-order valence-corrected chi connectivity index (χ4v) is 3.62. The zero-order chi connectivity index (χ0) is 18.1. The summed E-state index contributed by atoms with van der Waals surface area (Å²) in [5, 5.41) is 21.6. The molecule has 2 aromatic rings. The summed E-state index contributed by atoms with van der Waals surface area (Å²) in [6.45, 7) is 1.19. The molecule has 1 amide bonds. The minimum absolute atomic E-state index is 0. The Morgan fingerprint density at radius 1 is 1.11 bits per heavy atom. The van der Waals surface area contributed by atoms with Gasteiger partial charge in [0.15, 0.2) is 0 Å². The molecule has 1 fully saturated rings. The van der Waals surface area contributed by atoms with E-state index < -0.39 is 24.3 Å². The summed E-state index contributed by atoms with van der Waals surface area (Å²) < 4.78 is 10.5. The molecular weight excluding hydrogens is 572 g/mol. The monoisotopic (exact) mass is 592 g/mol. The zero-order valence-electron chi connectivity index (χ0n) is 14.5. The van der Waals surface area contributed by atoms with E-state index in [2.05, 4.69) is 29.6 Å². The Labute approximate surface area is 181 Å². The first-order valence-corrected chi connectivity index (χ1v) is 8.58. The van der Waals surface area contributed by atoms with Crippen LogP contribution in [0.25, 0.3) is 11.1 Å². The fourth-order valence-electron chi connectivity index (χ4n) is 3.62. The molecule has 4 rings (SSSR count). The topological polar surface area (TPSA) is 88.0 Å². The Kier molecular flexibility index (Phi) is 6.62. The van der Waals surface area contributed by atoms with Gasteiger partial charge in [0.05, 0.1) is 18.8 Å². The van der Waals surface area contributed by atoms with Crippen LogP contribution in [0.4, 0.5) is 4.79 Å². The minimum Gasteiger partial charge on any atom is -0.544 e. The molecule has 3 N–H and O–H groups in total. The van der Waals surface area contributed by atoms with Gasteiger partial charge in [-0.05, 0) is 28.3 Å². The number of hydrogen-bond donors (Lipinski definition) is 3. The number of benzene rings is 2. The second kappa shape index (κ2) is 8.76. The summed E-state index contributed by atoms with van der Waals surface area (Å²) in [5.74, 6) is -0.0212. The van der Waals surface area contributed by atoms with E-state index in [0.29, 0.717) is 0 Å². The zero-order valence-corrected chi connectivity index (χ0v) is 18.7. The molecule has 7 heteroatoms. The second-order valence-corrected chi connectivity index (χ2v) is 6.48. The Bertz CT molecular complexity index is 769. The van der Waals surface area contributed by atoms with Crippen molar-refractivity contribution in [3.05, 3.63) is 66.3 Å². The third kappa shape index (κ3) is 3.94. The molecule has 2 unspecified atom stereocenters. The third-order valence-electron chi connectivity index (χ3n) is 4.96. The van der Waals surface area contributed by atoms with Crippen LogP contribution < -0.4 is 5.32 Å². The van der Waals surface area contributed by atoms with E-state index in [-0.39, 0.29) is 50.2 Å². The van der Waals surface area contributed by atoms with Gasteiger partial charge in [-0.3, -0.25) is 0 Å². The number of rotatable bonds is 4. The van der Waals surface area contributed by atoms with Gasteiger partial charge in [0.25, 0.3) is 0 Å².